The first-order chi connectivity index (χ1) is 16.0. The highest BCUT2D eigenvalue weighted by Crippen LogP contribution is 2.33. The van der Waals surface area contributed by atoms with Crippen molar-refractivity contribution >= 4 is 38.6 Å². The number of hydrazine groups is 2. The van der Waals surface area contributed by atoms with Crippen LogP contribution in [0.2, 0.25) is 5.02 Å². The summed E-state index contributed by atoms with van der Waals surface area (Å²) in [5, 5.41) is 13.3. The fourth-order valence-corrected chi connectivity index (χ4v) is 5.24. The number of hydrogen-bond donors (Lipinski definition) is 4. The van der Waals surface area contributed by atoms with E-state index in [0.717, 1.165) is 0 Å². The minimum absolute atomic E-state index is 0.0103. The number of hydrogen-bond acceptors (Lipinski definition) is 9. The smallest absolute Gasteiger partial charge is 0.259 e. The summed E-state index contributed by atoms with van der Waals surface area (Å²) < 4.78 is 63.7. The summed E-state index contributed by atoms with van der Waals surface area (Å²) in [6.45, 7) is 0.0920. The average Bonchev–Trinajstić information content (AvgIpc) is 2.77. The number of ether oxygens (including phenoxy) is 3. The molecule has 4 N–H and O–H groups in total. The first kappa shape index (κ1) is 26.4. The molecule has 0 aliphatic carbocycles. The van der Waals surface area contributed by atoms with Crippen molar-refractivity contribution in [2.45, 2.75) is 17.5 Å². The predicted molar refractivity (Wildman–Crippen MR) is 125 cm³/mol. The van der Waals surface area contributed by atoms with Gasteiger partial charge < -0.3 is 19.3 Å². The molecule has 0 amide bonds. The molecule has 12 nitrogen and oxygen atoms in total. The first-order valence-electron chi connectivity index (χ1n) is 9.78. The summed E-state index contributed by atoms with van der Waals surface area (Å²) >= 11 is 3.71. The Balaban J connectivity index is 1.65. The Morgan fingerprint density at radius 3 is 2.62 bits per heavy atom. The van der Waals surface area contributed by atoms with E-state index < -0.39 is 27.4 Å². The Kier molecular flexibility index (Phi) is 8.59. The maximum atomic E-state index is 12.7. The van der Waals surface area contributed by atoms with Gasteiger partial charge in [0.2, 0.25) is 0 Å². The highest BCUT2D eigenvalue weighted by molar-refractivity contribution is 7.89. The number of nitrogens with one attached hydrogen (secondary N) is 2. The van der Waals surface area contributed by atoms with E-state index in [1.807, 2.05) is 0 Å². The molecular weight excluding hydrogens is 512 g/mol. The van der Waals surface area contributed by atoms with Crippen LogP contribution in [0, 0.1) is 0 Å². The minimum Gasteiger partial charge on any atom is -0.493 e. The van der Waals surface area contributed by atoms with Crippen molar-refractivity contribution in [2.75, 3.05) is 39.1 Å². The van der Waals surface area contributed by atoms with Gasteiger partial charge in [-0.15, -0.1) is 4.83 Å². The second-order valence-electron chi connectivity index (χ2n) is 7.27. The second kappa shape index (κ2) is 11.0. The van der Waals surface area contributed by atoms with E-state index in [4.69, 9.17) is 30.4 Å². The number of aliphatic hydroxyl groups is 1. The summed E-state index contributed by atoms with van der Waals surface area (Å²) in [5.41, 5.74) is 0.386. The number of rotatable bonds is 10. The normalized spacial score (nSPS) is 17.0. The van der Waals surface area contributed by atoms with Crippen LogP contribution in [0.4, 0.5) is 5.69 Å². The molecule has 2 aromatic carbocycles. The van der Waals surface area contributed by atoms with Crippen LogP contribution in [0.5, 0.6) is 17.2 Å². The molecule has 2 atom stereocenters. The molecule has 1 aliphatic rings. The Morgan fingerprint density at radius 2 is 1.97 bits per heavy atom. The number of methoxy groups -OCH3 is 2. The summed E-state index contributed by atoms with van der Waals surface area (Å²) in [5.74, 6) is 1.49. The quantitative estimate of drug-likeness (QED) is 0.326. The second-order valence-corrected chi connectivity index (χ2v) is 10.0. The maximum absolute atomic E-state index is 12.7. The number of sulfonamides is 1. The topological polar surface area (TPSA) is 150 Å². The molecule has 0 aromatic heterocycles. The predicted octanol–water partition coefficient (Wildman–Crippen LogP) is 1.20. The fraction of sp³-hybridized carbons (Fsp3) is 0.368. The van der Waals surface area contributed by atoms with Crippen LogP contribution >= 0.6 is 11.6 Å². The number of fused-ring (bicyclic) bond motifs is 1. The van der Waals surface area contributed by atoms with Crippen LogP contribution in [0.3, 0.4) is 0 Å². The van der Waals surface area contributed by atoms with Crippen molar-refractivity contribution in [3.05, 3.63) is 40.9 Å². The lowest BCUT2D eigenvalue weighted by Crippen LogP contribution is -2.55. The van der Waals surface area contributed by atoms with E-state index in [9.17, 15) is 17.7 Å². The zero-order valence-corrected chi connectivity index (χ0v) is 20.9. The van der Waals surface area contributed by atoms with Crippen molar-refractivity contribution < 1.29 is 36.5 Å². The molecule has 0 radical (unpaired) electrons. The van der Waals surface area contributed by atoms with Crippen molar-refractivity contribution in [1.82, 2.24) is 15.0 Å². The van der Waals surface area contributed by atoms with Gasteiger partial charge in [-0.3, -0.25) is 9.27 Å². The van der Waals surface area contributed by atoms with Gasteiger partial charge in [-0.05, 0) is 29.8 Å². The molecule has 15 heteroatoms. The summed E-state index contributed by atoms with van der Waals surface area (Å²) in [6, 6.07) is 7.58. The molecule has 0 fully saturated rings. The summed E-state index contributed by atoms with van der Waals surface area (Å²) in [6.07, 6.45) is -0.960. The Morgan fingerprint density at radius 1 is 1.26 bits per heavy atom. The third-order valence-corrected chi connectivity index (χ3v) is 6.98. The lowest BCUT2D eigenvalue weighted by molar-refractivity contribution is -0.0669. The Bertz CT molecular complexity index is 1170. The molecule has 34 heavy (non-hydrogen) atoms. The molecular formula is C19H25ClN4O8S2. The molecule has 0 saturated carbocycles. The van der Waals surface area contributed by atoms with Gasteiger partial charge in [-0.1, -0.05) is 11.6 Å². The molecule has 3 rings (SSSR count). The SMILES string of the molecule is COc1ccc(OCC(O)CN(C)N2Cc3cc(Cl)c(NS(=O)O)cc3S(=O)(=O)N2)cc1OC. The highest BCUT2D eigenvalue weighted by Gasteiger charge is 2.32. The molecule has 1 aliphatic heterocycles. The van der Waals surface area contributed by atoms with Gasteiger partial charge in [0.1, 0.15) is 18.5 Å². The minimum atomic E-state index is -4.00. The fourth-order valence-electron chi connectivity index (χ4n) is 3.27. The van der Waals surface area contributed by atoms with Crippen LogP contribution in [0.1, 0.15) is 5.56 Å². The van der Waals surface area contributed by atoms with E-state index >= 15 is 0 Å². The largest absolute Gasteiger partial charge is 0.493 e. The van der Waals surface area contributed by atoms with Gasteiger partial charge in [0, 0.05) is 19.7 Å². The average molecular weight is 537 g/mol. The van der Waals surface area contributed by atoms with Gasteiger partial charge in [0.05, 0.1) is 36.4 Å². The Labute approximate surface area is 204 Å². The molecule has 1 heterocycles. The van der Waals surface area contributed by atoms with Gasteiger partial charge in [0.25, 0.3) is 21.3 Å². The lowest BCUT2D eigenvalue weighted by Gasteiger charge is -2.36. The molecule has 0 bridgehead atoms. The standard InChI is InChI=1S/C19H25ClN4O8S2/c1-23(10-13(25)11-32-14-4-5-17(30-2)18(7-14)31-3)24-9-12-6-15(20)16(21-33(26)27)8-19(12)34(28,29)22-24/h4-8,13,21-22,25H,9-11H2,1-3H3,(H,26,27). The zero-order chi connectivity index (χ0) is 25.0. The number of likely N-dealkylation sites (N-methyl/N-ethyl adjacent to an activating group) is 1. The zero-order valence-electron chi connectivity index (χ0n) is 18.5. The Hall–Kier alpha value is -2.17. The van der Waals surface area contributed by atoms with Crippen molar-refractivity contribution in [1.29, 1.82) is 0 Å². The number of nitrogens with zero attached hydrogens (tertiary/aromatic N) is 2. The van der Waals surface area contributed by atoms with Gasteiger partial charge in [-0.25, -0.2) is 17.6 Å². The molecule has 2 unspecified atom stereocenters. The number of benzene rings is 2. The maximum Gasteiger partial charge on any atom is 0.259 e. The first-order valence-corrected chi connectivity index (χ1v) is 12.7. The van der Waals surface area contributed by atoms with Crippen LogP contribution in [0.15, 0.2) is 35.2 Å². The lowest BCUT2D eigenvalue weighted by atomic mass is 10.2. The van der Waals surface area contributed by atoms with Crippen molar-refractivity contribution in [2.24, 2.45) is 0 Å². The number of halogens is 1. The summed E-state index contributed by atoms with van der Waals surface area (Å²) in [4.78, 5) is 2.32. The van der Waals surface area contributed by atoms with E-state index in [0.29, 0.717) is 22.8 Å². The van der Waals surface area contributed by atoms with Crippen LogP contribution < -0.4 is 23.8 Å². The third-order valence-electron chi connectivity index (χ3n) is 4.87. The van der Waals surface area contributed by atoms with E-state index in [1.165, 1.54) is 36.5 Å². The van der Waals surface area contributed by atoms with Gasteiger partial charge >= 0.3 is 0 Å². The van der Waals surface area contributed by atoms with E-state index in [1.54, 1.807) is 25.2 Å². The molecule has 188 valence electrons. The van der Waals surface area contributed by atoms with Gasteiger partial charge in [0.15, 0.2) is 11.5 Å². The van der Waals surface area contributed by atoms with E-state index in [-0.39, 0.29) is 35.3 Å². The molecule has 0 spiro atoms. The van der Waals surface area contributed by atoms with Crippen LogP contribution in [-0.2, 0) is 27.8 Å². The van der Waals surface area contributed by atoms with Crippen molar-refractivity contribution in [3.8, 4) is 17.2 Å². The highest BCUT2D eigenvalue weighted by atomic mass is 35.5. The van der Waals surface area contributed by atoms with Gasteiger partial charge in [-0.2, -0.15) is 5.12 Å². The van der Waals surface area contributed by atoms with Crippen LogP contribution in [-0.4, -0.2) is 72.9 Å². The molecule has 2 aromatic rings. The molecule has 0 saturated heterocycles. The van der Waals surface area contributed by atoms with Crippen molar-refractivity contribution in [3.63, 3.8) is 0 Å². The third kappa shape index (κ3) is 6.28. The van der Waals surface area contributed by atoms with Crippen LogP contribution in [0.25, 0.3) is 0 Å². The number of anilines is 1. The summed E-state index contributed by atoms with van der Waals surface area (Å²) in [7, 11) is 0.618. The van der Waals surface area contributed by atoms with E-state index in [2.05, 4.69) is 9.55 Å². The number of aliphatic hydroxyl groups excluding tert-OH is 1. The monoisotopic (exact) mass is 536 g/mol.